The van der Waals surface area contributed by atoms with E-state index in [1.54, 1.807) is 6.07 Å². The fraction of sp³-hybridized carbons (Fsp3) is 0.333. The summed E-state index contributed by atoms with van der Waals surface area (Å²) in [5.74, 6) is 1.96. The second kappa shape index (κ2) is 3.63. The number of nitrogens with zero attached hydrogens (tertiary/aromatic N) is 2. The molecular weight excluding hydrogens is 184 g/mol. The van der Waals surface area contributed by atoms with Gasteiger partial charge in [-0.25, -0.2) is 0 Å². The average molecular weight is 194 g/mol. The molecule has 0 aromatic carbocycles. The minimum atomic E-state index is -0.231. The number of aliphatic hydroxyl groups excluding tert-OH is 1. The lowest BCUT2D eigenvalue weighted by Crippen LogP contribution is -1.84. The molecule has 0 saturated heterocycles. The summed E-state index contributed by atoms with van der Waals surface area (Å²) in [6.45, 7) is 1.76. The normalized spacial score (nSPS) is 10.7. The van der Waals surface area contributed by atoms with Crippen LogP contribution in [0.4, 0.5) is 0 Å². The first-order valence-electron chi connectivity index (χ1n) is 4.36. The van der Waals surface area contributed by atoms with Crippen molar-refractivity contribution in [3.05, 3.63) is 23.7 Å². The number of furan rings is 1. The van der Waals surface area contributed by atoms with Crippen LogP contribution in [-0.2, 0) is 13.0 Å². The van der Waals surface area contributed by atoms with E-state index in [2.05, 4.69) is 10.1 Å². The minimum Gasteiger partial charge on any atom is -0.456 e. The third kappa shape index (κ3) is 1.54. The van der Waals surface area contributed by atoms with Crippen LogP contribution in [0.25, 0.3) is 11.7 Å². The van der Waals surface area contributed by atoms with Crippen LogP contribution in [0.2, 0.25) is 0 Å². The van der Waals surface area contributed by atoms with Crippen molar-refractivity contribution in [3.63, 3.8) is 0 Å². The Morgan fingerprint density at radius 1 is 1.43 bits per heavy atom. The van der Waals surface area contributed by atoms with Gasteiger partial charge in [0.1, 0.15) is 12.4 Å². The summed E-state index contributed by atoms with van der Waals surface area (Å²) >= 11 is 0. The molecule has 0 saturated carbocycles. The van der Waals surface area contributed by atoms with E-state index < -0.39 is 0 Å². The third-order valence-corrected chi connectivity index (χ3v) is 1.83. The maximum absolute atomic E-state index is 8.73. The van der Waals surface area contributed by atoms with Gasteiger partial charge in [0.15, 0.2) is 11.6 Å². The lowest BCUT2D eigenvalue weighted by atomic mass is 10.3. The van der Waals surface area contributed by atoms with Crippen LogP contribution >= 0.6 is 0 Å². The van der Waals surface area contributed by atoms with Gasteiger partial charge < -0.3 is 14.0 Å². The van der Waals surface area contributed by atoms with E-state index >= 15 is 0 Å². The molecule has 0 fully saturated rings. The molecule has 2 aromatic rings. The molecule has 0 aliphatic carbocycles. The zero-order valence-corrected chi connectivity index (χ0v) is 7.73. The molecule has 0 bridgehead atoms. The third-order valence-electron chi connectivity index (χ3n) is 1.83. The Kier molecular flexibility index (Phi) is 2.32. The summed E-state index contributed by atoms with van der Waals surface area (Å²) < 4.78 is 10.3. The lowest BCUT2D eigenvalue weighted by Gasteiger charge is -1.86. The maximum atomic E-state index is 8.73. The SMILES string of the molecule is CCc1ccc(-c2nc(CO)no2)o1. The predicted molar refractivity (Wildman–Crippen MR) is 47.3 cm³/mol. The molecule has 0 aliphatic heterocycles. The van der Waals surface area contributed by atoms with Crippen LogP contribution in [0.15, 0.2) is 21.1 Å². The van der Waals surface area contributed by atoms with Gasteiger partial charge in [0.2, 0.25) is 0 Å². The Morgan fingerprint density at radius 2 is 2.29 bits per heavy atom. The van der Waals surface area contributed by atoms with Gasteiger partial charge >= 0.3 is 0 Å². The summed E-state index contributed by atoms with van der Waals surface area (Å²) in [6.07, 6.45) is 0.820. The molecule has 0 spiro atoms. The molecule has 0 aliphatic rings. The van der Waals surface area contributed by atoms with E-state index in [0.717, 1.165) is 12.2 Å². The number of aliphatic hydroxyl groups is 1. The van der Waals surface area contributed by atoms with Crippen molar-refractivity contribution in [1.29, 1.82) is 0 Å². The molecule has 1 N–H and O–H groups in total. The first-order valence-corrected chi connectivity index (χ1v) is 4.36. The molecule has 2 rings (SSSR count). The highest BCUT2D eigenvalue weighted by molar-refractivity contribution is 5.44. The quantitative estimate of drug-likeness (QED) is 0.799. The van der Waals surface area contributed by atoms with Crippen LogP contribution in [0.1, 0.15) is 18.5 Å². The standard InChI is InChI=1S/C9H10N2O3/c1-2-6-3-4-7(13-6)9-10-8(5-12)11-14-9/h3-4,12H,2,5H2,1H3. The molecular formula is C9H10N2O3. The summed E-state index contributed by atoms with van der Waals surface area (Å²) in [5, 5.41) is 12.3. The summed E-state index contributed by atoms with van der Waals surface area (Å²) in [7, 11) is 0. The van der Waals surface area contributed by atoms with Gasteiger partial charge in [-0.2, -0.15) is 4.98 Å². The van der Waals surface area contributed by atoms with Crippen molar-refractivity contribution in [1.82, 2.24) is 10.1 Å². The topological polar surface area (TPSA) is 72.3 Å². The molecule has 0 amide bonds. The smallest absolute Gasteiger partial charge is 0.293 e. The Balaban J connectivity index is 2.29. The van der Waals surface area contributed by atoms with E-state index in [9.17, 15) is 0 Å². The molecule has 0 radical (unpaired) electrons. The van der Waals surface area contributed by atoms with Crippen LogP contribution in [0, 0.1) is 0 Å². The molecule has 74 valence electrons. The Morgan fingerprint density at radius 3 is 2.86 bits per heavy atom. The number of hydrogen-bond acceptors (Lipinski definition) is 5. The highest BCUT2D eigenvalue weighted by Crippen LogP contribution is 2.20. The molecule has 0 atom stereocenters. The zero-order valence-electron chi connectivity index (χ0n) is 7.73. The van der Waals surface area contributed by atoms with Gasteiger partial charge in [0, 0.05) is 6.42 Å². The Labute approximate surface area is 80.4 Å². The van der Waals surface area contributed by atoms with Gasteiger partial charge in [-0.3, -0.25) is 0 Å². The highest BCUT2D eigenvalue weighted by atomic mass is 16.5. The molecule has 2 aromatic heterocycles. The van der Waals surface area contributed by atoms with Gasteiger partial charge in [-0.1, -0.05) is 12.1 Å². The monoisotopic (exact) mass is 194 g/mol. The first kappa shape index (κ1) is 8.96. The van der Waals surface area contributed by atoms with Gasteiger partial charge in [-0.15, -0.1) is 0 Å². The van der Waals surface area contributed by atoms with Crippen molar-refractivity contribution >= 4 is 0 Å². The van der Waals surface area contributed by atoms with E-state index in [4.69, 9.17) is 14.0 Å². The van der Waals surface area contributed by atoms with Gasteiger partial charge in [-0.05, 0) is 12.1 Å². The Hall–Kier alpha value is -1.62. The van der Waals surface area contributed by atoms with Crippen LogP contribution in [0.3, 0.4) is 0 Å². The lowest BCUT2D eigenvalue weighted by molar-refractivity contribution is 0.263. The summed E-state index contributed by atoms with van der Waals surface area (Å²) in [4.78, 5) is 3.93. The predicted octanol–water partition coefficient (Wildman–Crippen LogP) is 1.38. The van der Waals surface area contributed by atoms with E-state index in [-0.39, 0.29) is 12.4 Å². The van der Waals surface area contributed by atoms with Crippen LogP contribution in [0.5, 0.6) is 0 Å². The highest BCUT2D eigenvalue weighted by Gasteiger charge is 2.11. The minimum absolute atomic E-state index is 0.231. The van der Waals surface area contributed by atoms with E-state index in [1.165, 1.54) is 0 Å². The first-order chi connectivity index (χ1) is 6.83. The van der Waals surface area contributed by atoms with E-state index in [1.807, 2.05) is 13.0 Å². The fourth-order valence-electron chi connectivity index (χ4n) is 1.10. The molecule has 2 heterocycles. The molecule has 5 nitrogen and oxygen atoms in total. The maximum Gasteiger partial charge on any atom is 0.293 e. The second-order valence-electron chi connectivity index (χ2n) is 2.79. The van der Waals surface area contributed by atoms with Gasteiger partial charge in [0.05, 0.1) is 0 Å². The van der Waals surface area contributed by atoms with E-state index in [0.29, 0.717) is 11.7 Å². The largest absolute Gasteiger partial charge is 0.456 e. The second-order valence-corrected chi connectivity index (χ2v) is 2.79. The number of aromatic nitrogens is 2. The van der Waals surface area contributed by atoms with Crippen LogP contribution < -0.4 is 0 Å². The van der Waals surface area contributed by atoms with Crippen LogP contribution in [-0.4, -0.2) is 15.2 Å². The molecule has 14 heavy (non-hydrogen) atoms. The summed E-state index contributed by atoms with van der Waals surface area (Å²) in [6, 6.07) is 3.63. The van der Waals surface area contributed by atoms with Crippen molar-refractivity contribution in [2.45, 2.75) is 20.0 Å². The number of rotatable bonds is 3. The summed E-state index contributed by atoms with van der Waals surface area (Å²) in [5.41, 5.74) is 0. The average Bonchev–Trinajstić information content (AvgIpc) is 2.86. The Bertz CT molecular complexity index is 379. The van der Waals surface area contributed by atoms with Gasteiger partial charge in [0.25, 0.3) is 5.89 Å². The number of hydrogen-bond donors (Lipinski definition) is 1. The van der Waals surface area contributed by atoms with Crippen molar-refractivity contribution < 1.29 is 14.0 Å². The molecule has 5 heteroatoms. The van der Waals surface area contributed by atoms with Crippen molar-refractivity contribution in [3.8, 4) is 11.7 Å². The molecule has 0 unspecified atom stereocenters. The zero-order chi connectivity index (χ0) is 9.97. The van der Waals surface area contributed by atoms with Crippen molar-refractivity contribution in [2.75, 3.05) is 0 Å². The fourth-order valence-corrected chi connectivity index (χ4v) is 1.10. The number of aryl methyl sites for hydroxylation is 1. The van der Waals surface area contributed by atoms with Crippen molar-refractivity contribution in [2.24, 2.45) is 0 Å².